The summed E-state index contributed by atoms with van der Waals surface area (Å²) in [4.78, 5) is 34.8. The Bertz CT molecular complexity index is 673. The van der Waals surface area contributed by atoms with Gasteiger partial charge in [0.15, 0.2) is 5.54 Å². The molecule has 118 valence electrons. The van der Waals surface area contributed by atoms with Gasteiger partial charge < -0.3 is 15.2 Å². The first-order chi connectivity index (χ1) is 10.2. The molecule has 8 heteroatoms. The van der Waals surface area contributed by atoms with Crippen LogP contribution in [0.25, 0.3) is 0 Å². The molecular weight excluding hydrogens is 295 g/mol. The molecule has 22 heavy (non-hydrogen) atoms. The van der Waals surface area contributed by atoms with Crippen LogP contribution in [0, 0.1) is 11.7 Å². The third kappa shape index (κ3) is 2.16. The highest BCUT2D eigenvalue weighted by molar-refractivity contribution is 6.08. The van der Waals surface area contributed by atoms with E-state index in [9.17, 15) is 18.8 Å². The van der Waals surface area contributed by atoms with Crippen LogP contribution in [-0.4, -0.2) is 30.1 Å². The Balaban J connectivity index is 2.73. The fraction of sp³-hybridized carbons (Fsp3) is 0.357. The van der Waals surface area contributed by atoms with E-state index in [1.54, 1.807) is 13.8 Å². The zero-order valence-corrected chi connectivity index (χ0v) is 12.2. The van der Waals surface area contributed by atoms with Crippen molar-refractivity contribution < 1.29 is 28.6 Å². The number of benzene rings is 1. The van der Waals surface area contributed by atoms with Crippen LogP contribution in [0.15, 0.2) is 12.1 Å². The van der Waals surface area contributed by atoms with Gasteiger partial charge >= 0.3 is 12.0 Å². The van der Waals surface area contributed by atoms with Gasteiger partial charge in [-0.3, -0.25) is 10.1 Å². The third-order valence-corrected chi connectivity index (χ3v) is 3.71. The van der Waals surface area contributed by atoms with Crippen molar-refractivity contribution in [2.24, 2.45) is 5.92 Å². The van der Waals surface area contributed by atoms with Gasteiger partial charge in [-0.1, -0.05) is 13.8 Å². The van der Waals surface area contributed by atoms with Crippen molar-refractivity contribution in [2.75, 3.05) is 7.11 Å². The Morgan fingerprint density at radius 2 is 2.00 bits per heavy atom. The van der Waals surface area contributed by atoms with Gasteiger partial charge in [-0.2, -0.15) is 0 Å². The average Bonchev–Trinajstić information content (AvgIpc) is 2.73. The van der Waals surface area contributed by atoms with Crippen molar-refractivity contribution in [1.82, 2.24) is 10.6 Å². The molecule has 2 rings (SSSR count). The maximum absolute atomic E-state index is 14.0. The number of amides is 3. The molecular formula is C14H15FN2O5. The first-order valence-corrected chi connectivity index (χ1v) is 6.49. The molecule has 0 spiro atoms. The average molecular weight is 310 g/mol. The second-order valence-corrected chi connectivity index (χ2v) is 5.21. The Morgan fingerprint density at radius 3 is 2.41 bits per heavy atom. The summed E-state index contributed by atoms with van der Waals surface area (Å²) in [5, 5.41) is 13.6. The maximum atomic E-state index is 14.0. The summed E-state index contributed by atoms with van der Waals surface area (Å²) in [6.07, 6.45) is 0. The number of rotatable bonds is 4. The van der Waals surface area contributed by atoms with Crippen LogP contribution in [0.1, 0.15) is 29.8 Å². The van der Waals surface area contributed by atoms with Crippen LogP contribution in [0.2, 0.25) is 0 Å². The van der Waals surface area contributed by atoms with E-state index in [4.69, 9.17) is 9.84 Å². The molecule has 1 unspecified atom stereocenters. The quantitative estimate of drug-likeness (QED) is 0.725. The molecule has 0 aromatic heterocycles. The minimum atomic E-state index is -1.53. The number of methoxy groups -OCH3 is 1. The minimum Gasteiger partial charge on any atom is -0.496 e. The number of imide groups is 1. The second-order valence-electron chi connectivity index (χ2n) is 5.21. The van der Waals surface area contributed by atoms with Gasteiger partial charge in [0.05, 0.1) is 12.7 Å². The van der Waals surface area contributed by atoms with E-state index in [2.05, 4.69) is 10.6 Å². The van der Waals surface area contributed by atoms with Crippen molar-refractivity contribution in [3.8, 4) is 5.75 Å². The van der Waals surface area contributed by atoms with Gasteiger partial charge in [0, 0.05) is 5.56 Å². The van der Waals surface area contributed by atoms with Crippen LogP contribution >= 0.6 is 0 Å². The van der Waals surface area contributed by atoms with Crippen LogP contribution < -0.4 is 15.4 Å². The van der Waals surface area contributed by atoms with Crippen molar-refractivity contribution in [3.63, 3.8) is 0 Å². The summed E-state index contributed by atoms with van der Waals surface area (Å²) in [5.41, 5.74) is -2.04. The molecule has 1 fully saturated rings. The van der Waals surface area contributed by atoms with E-state index >= 15 is 0 Å². The van der Waals surface area contributed by atoms with Gasteiger partial charge in [0.1, 0.15) is 11.6 Å². The third-order valence-electron chi connectivity index (χ3n) is 3.71. The molecule has 0 radical (unpaired) electrons. The largest absolute Gasteiger partial charge is 0.496 e. The number of carbonyl (C=O) groups excluding carboxylic acids is 2. The van der Waals surface area contributed by atoms with Crippen molar-refractivity contribution in [2.45, 2.75) is 19.4 Å². The minimum absolute atomic E-state index is 0.00449. The number of nitrogens with one attached hydrogen (secondary N) is 2. The summed E-state index contributed by atoms with van der Waals surface area (Å²) in [7, 11) is 1.27. The number of carboxylic acids is 1. The number of urea groups is 1. The van der Waals surface area contributed by atoms with Gasteiger partial charge in [-0.05, 0) is 18.1 Å². The molecule has 1 aliphatic heterocycles. The number of ether oxygens (including phenoxy) is 1. The Kier molecular flexibility index (Phi) is 3.78. The molecule has 0 saturated carbocycles. The van der Waals surface area contributed by atoms with Gasteiger partial charge in [0.2, 0.25) is 0 Å². The highest BCUT2D eigenvalue weighted by Gasteiger charge is 2.52. The highest BCUT2D eigenvalue weighted by Crippen LogP contribution is 2.39. The SMILES string of the molecule is COc1cc(C(=O)O)c(F)cc1C1(C(C)C)NC(=O)NC1=O. The molecule has 0 bridgehead atoms. The van der Waals surface area contributed by atoms with Crippen LogP contribution in [0.4, 0.5) is 9.18 Å². The predicted octanol–water partition coefficient (Wildman–Crippen LogP) is 1.22. The lowest BCUT2D eigenvalue weighted by Crippen LogP contribution is -2.48. The van der Waals surface area contributed by atoms with E-state index < -0.39 is 40.7 Å². The number of aromatic carboxylic acids is 1. The topological polar surface area (TPSA) is 105 Å². The number of carbonyl (C=O) groups is 3. The van der Waals surface area contributed by atoms with Gasteiger partial charge in [0.25, 0.3) is 5.91 Å². The zero-order chi connectivity index (χ0) is 16.7. The normalized spacial score (nSPS) is 20.8. The van der Waals surface area contributed by atoms with E-state index in [-0.39, 0.29) is 11.3 Å². The summed E-state index contributed by atoms with van der Waals surface area (Å²) in [5.74, 6) is -3.54. The molecule has 7 nitrogen and oxygen atoms in total. The molecule has 3 amide bonds. The lowest BCUT2D eigenvalue weighted by atomic mass is 9.79. The smallest absolute Gasteiger partial charge is 0.338 e. The first kappa shape index (κ1) is 15.7. The summed E-state index contributed by atoms with van der Waals surface area (Å²) >= 11 is 0. The van der Waals surface area contributed by atoms with Crippen LogP contribution in [0.3, 0.4) is 0 Å². The van der Waals surface area contributed by atoms with Crippen molar-refractivity contribution in [3.05, 3.63) is 29.1 Å². The number of hydrogen-bond acceptors (Lipinski definition) is 4. The van der Waals surface area contributed by atoms with E-state index in [1.165, 1.54) is 7.11 Å². The zero-order valence-electron chi connectivity index (χ0n) is 12.2. The second kappa shape index (κ2) is 5.28. The molecule has 0 aliphatic carbocycles. The summed E-state index contributed by atoms with van der Waals surface area (Å²) in [6, 6.07) is 1.20. The van der Waals surface area contributed by atoms with Crippen molar-refractivity contribution in [1.29, 1.82) is 0 Å². The van der Waals surface area contributed by atoms with E-state index in [0.29, 0.717) is 0 Å². The molecule has 3 N–H and O–H groups in total. The van der Waals surface area contributed by atoms with Gasteiger partial charge in [-0.25, -0.2) is 14.0 Å². The predicted molar refractivity (Wildman–Crippen MR) is 73.1 cm³/mol. The Morgan fingerprint density at radius 1 is 1.36 bits per heavy atom. The Hall–Kier alpha value is -2.64. The standard InChI is InChI=1S/C14H15FN2O5/c1-6(2)14(12(20)16-13(21)17-14)8-5-9(15)7(11(18)19)4-10(8)22-3/h4-6H,1-3H3,(H,18,19)(H2,16,17,20,21). The maximum Gasteiger partial charge on any atom is 0.338 e. The highest BCUT2D eigenvalue weighted by atomic mass is 19.1. The van der Waals surface area contributed by atoms with Crippen LogP contribution in [-0.2, 0) is 10.3 Å². The number of hydrogen-bond donors (Lipinski definition) is 3. The fourth-order valence-electron chi connectivity index (χ4n) is 2.57. The lowest BCUT2D eigenvalue weighted by Gasteiger charge is -2.32. The monoisotopic (exact) mass is 310 g/mol. The summed E-state index contributed by atoms with van der Waals surface area (Å²) in [6.45, 7) is 3.35. The van der Waals surface area contributed by atoms with E-state index in [0.717, 1.165) is 12.1 Å². The number of carboxylic acid groups (broad SMARTS) is 1. The molecule has 1 atom stereocenters. The summed E-state index contributed by atoms with van der Waals surface area (Å²) < 4.78 is 19.1. The Labute approximate surface area is 125 Å². The van der Waals surface area contributed by atoms with Crippen LogP contribution in [0.5, 0.6) is 5.75 Å². The molecule has 1 aromatic carbocycles. The molecule has 1 aliphatic rings. The lowest BCUT2D eigenvalue weighted by molar-refractivity contribution is -0.125. The first-order valence-electron chi connectivity index (χ1n) is 6.49. The van der Waals surface area contributed by atoms with Crippen molar-refractivity contribution >= 4 is 17.9 Å². The molecule has 1 heterocycles. The molecule has 1 saturated heterocycles. The number of halogens is 1. The molecule has 1 aromatic rings. The van der Waals surface area contributed by atoms with Gasteiger partial charge in [-0.15, -0.1) is 0 Å². The van der Waals surface area contributed by atoms with E-state index in [1.807, 2.05) is 0 Å². The fourth-order valence-corrected chi connectivity index (χ4v) is 2.57.